The molecule has 2 rings (SSSR count). The van der Waals surface area contributed by atoms with E-state index in [4.69, 9.17) is 11.6 Å². The van der Waals surface area contributed by atoms with E-state index < -0.39 is 0 Å². The third-order valence-corrected chi connectivity index (χ3v) is 2.93. The summed E-state index contributed by atoms with van der Waals surface area (Å²) in [6.45, 7) is 1.85. The number of rotatable bonds is 4. The van der Waals surface area contributed by atoms with Gasteiger partial charge >= 0.3 is 0 Å². The molecule has 2 heteroatoms. The third-order valence-electron chi connectivity index (χ3n) is 2.78. The summed E-state index contributed by atoms with van der Waals surface area (Å²) >= 11 is 5.84. The fourth-order valence-electron chi connectivity index (χ4n) is 2.04. The third kappa shape index (κ3) is 3.07. The van der Waals surface area contributed by atoms with Gasteiger partial charge in [0.25, 0.3) is 0 Å². The fraction of sp³-hybridized carbons (Fsp3) is 0.267. The molecule has 17 heavy (non-hydrogen) atoms. The lowest BCUT2D eigenvalue weighted by Crippen LogP contribution is -2.08. The van der Waals surface area contributed by atoms with Crippen LogP contribution in [0.4, 0.5) is 0 Å². The van der Waals surface area contributed by atoms with Crippen LogP contribution in [0, 0.1) is 0 Å². The summed E-state index contributed by atoms with van der Waals surface area (Å²) in [4.78, 5) is 11.8. The molecule has 0 N–H and O–H groups in total. The first-order valence-corrected chi connectivity index (χ1v) is 6.23. The summed E-state index contributed by atoms with van der Waals surface area (Å²) in [5, 5.41) is 2.25. The first-order chi connectivity index (χ1) is 8.16. The Balaban J connectivity index is 2.27. The molecule has 1 atom stereocenters. The Bertz CT molecular complexity index is 526. The van der Waals surface area contributed by atoms with E-state index in [2.05, 4.69) is 18.2 Å². The lowest BCUT2D eigenvalue weighted by atomic mass is 9.99. The van der Waals surface area contributed by atoms with Crippen molar-refractivity contribution in [2.45, 2.75) is 25.1 Å². The van der Waals surface area contributed by atoms with Crippen LogP contribution >= 0.6 is 11.6 Å². The number of ketones is 1. The van der Waals surface area contributed by atoms with Gasteiger partial charge in [0.1, 0.15) is 5.78 Å². The summed E-state index contributed by atoms with van der Waals surface area (Å²) in [7, 11) is 0. The van der Waals surface area contributed by atoms with Crippen molar-refractivity contribution >= 4 is 28.2 Å². The fourth-order valence-corrected chi connectivity index (χ4v) is 2.22. The number of hydrogen-bond donors (Lipinski definition) is 0. The molecule has 2 aromatic carbocycles. The monoisotopic (exact) mass is 246 g/mol. The summed E-state index contributed by atoms with van der Waals surface area (Å²) in [5.41, 5.74) is 1.09. The van der Waals surface area contributed by atoms with E-state index >= 15 is 0 Å². The topological polar surface area (TPSA) is 17.1 Å². The highest BCUT2D eigenvalue weighted by atomic mass is 35.5. The molecule has 0 saturated heterocycles. The number of alkyl halides is 1. The Kier molecular flexibility index (Phi) is 3.80. The highest BCUT2D eigenvalue weighted by Crippen LogP contribution is 2.19. The van der Waals surface area contributed by atoms with E-state index in [0.29, 0.717) is 12.8 Å². The van der Waals surface area contributed by atoms with Crippen LogP contribution in [-0.4, -0.2) is 11.2 Å². The second-order valence-corrected chi connectivity index (χ2v) is 5.08. The van der Waals surface area contributed by atoms with Gasteiger partial charge in [-0.1, -0.05) is 42.5 Å². The molecule has 0 fully saturated rings. The molecule has 1 unspecified atom stereocenters. The smallest absolute Gasteiger partial charge is 0.138 e. The molecule has 0 aliphatic rings. The van der Waals surface area contributed by atoms with Crippen LogP contribution in [0.1, 0.15) is 18.9 Å². The summed E-state index contributed by atoms with van der Waals surface area (Å²) in [6.07, 6.45) is 0.906. The highest BCUT2D eigenvalue weighted by molar-refractivity contribution is 6.21. The van der Waals surface area contributed by atoms with E-state index in [-0.39, 0.29) is 11.2 Å². The number of Topliss-reactive ketones (excluding diaryl/α,β-unsaturated/α-hetero) is 1. The minimum Gasteiger partial charge on any atom is -0.299 e. The second kappa shape index (κ2) is 5.33. The van der Waals surface area contributed by atoms with Crippen molar-refractivity contribution in [3.8, 4) is 0 Å². The van der Waals surface area contributed by atoms with Gasteiger partial charge < -0.3 is 0 Å². The zero-order valence-corrected chi connectivity index (χ0v) is 10.6. The number of halogens is 1. The van der Waals surface area contributed by atoms with Crippen LogP contribution in [0.15, 0.2) is 42.5 Å². The van der Waals surface area contributed by atoms with Crippen molar-refractivity contribution in [2.75, 3.05) is 0 Å². The Hall–Kier alpha value is -1.34. The minimum atomic E-state index is -0.0857. The maximum atomic E-state index is 11.8. The molecule has 0 amide bonds. The quantitative estimate of drug-likeness (QED) is 0.746. The standard InChI is InChI=1S/C15H15ClO/c1-11(16)9-14(17)10-13-7-4-6-12-5-2-3-8-15(12)13/h2-8,11H,9-10H2,1H3. The Labute approximate surface area is 106 Å². The van der Waals surface area contributed by atoms with Gasteiger partial charge in [-0.15, -0.1) is 11.6 Å². The summed E-state index contributed by atoms with van der Waals surface area (Å²) in [6, 6.07) is 14.2. The van der Waals surface area contributed by atoms with Crippen molar-refractivity contribution < 1.29 is 4.79 Å². The van der Waals surface area contributed by atoms with Crippen molar-refractivity contribution in [3.05, 3.63) is 48.0 Å². The first kappa shape index (κ1) is 12.1. The molecule has 2 aromatic rings. The van der Waals surface area contributed by atoms with Gasteiger partial charge in [0.2, 0.25) is 0 Å². The first-order valence-electron chi connectivity index (χ1n) is 5.79. The normalized spacial score (nSPS) is 12.6. The number of carbonyl (C=O) groups is 1. The van der Waals surface area contributed by atoms with Gasteiger partial charge in [0.15, 0.2) is 0 Å². The predicted octanol–water partition coefficient (Wildman–Crippen LogP) is 3.97. The molecule has 0 aliphatic heterocycles. The van der Waals surface area contributed by atoms with E-state index in [0.717, 1.165) is 10.9 Å². The predicted molar refractivity (Wildman–Crippen MR) is 72.6 cm³/mol. The average molecular weight is 247 g/mol. The van der Waals surface area contributed by atoms with Crippen LogP contribution < -0.4 is 0 Å². The maximum absolute atomic E-state index is 11.8. The molecule has 0 bridgehead atoms. The SMILES string of the molecule is CC(Cl)CC(=O)Cc1cccc2ccccc12. The largest absolute Gasteiger partial charge is 0.299 e. The molecule has 0 spiro atoms. The maximum Gasteiger partial charge on any atom is 0.138 e. The number of benzene rings is 2. The van der Waals surface area contributed by atoms with Crippen LogP contribution in [0.5, 0.6) is 0 Å². The van der Waals surface area contributed by atoms with Crippen molar-refractivity contribution in [1.29, 1.82) is 0 Å². The lowest BCUT2D eigenvalue weighted by molar-refractivity contribution is -0.118. The van der Waals surface area contributed by atoms with Crippen molar-refractivity contribution in [1.82, 2.24) is 0 Å². The molecular formula is C15H15ClO. The van der Waals surface area contributed by atoms with E-state index in [1.807, 2.05) is 31.2 Å². The Morgan fingerprint density at radius 3 is 2.65 bits per heavy atom. The highest BCUT2D eigenvalue weighted by Gasteiger charge is 2.09. The number of fused-ring (bicyclic) bond motifs is 1. The molecular weight excluding hydrogens is 232 g/mol. The number of carbonyl (C=O) groups excluding carboxylic acids is 1. The van der Waals surface area contributed by atoms with Crippen LogP contribution in [0.2, 0.25) is 0 Å². The molecule has 0 aliphatic carbocycles. The Morgan fingerprint density at radius 2 is 1.88 bits per heavy atom. The van der Waals surface area contributed by atoms with Crippen LogP contribution in [0.3, 0.4) is 0 Å². The second-order valence-electron chi connectivity index (χ2n) is 4.34. The lowest BCUT2D eigenvalue weighted by Gasteiger charge is -2.06. The van der Waals surface area contributed by atoms with Crippen molar-refractivity contribution in [2.24, 2.45) is 0 Å². The van der Waals surface area contributed by atoms with Gasteiger partial charge in [-0.05, 0) is 23.3 Å². The zero-order chi connectivity index (χ0) is 12.3. The average Bonchev–Trinajstić information content (AvgIpc) is 2.28. The Morgan fingerprint density at radius 1 is 1.18 bits per heavy atom. The summed E-state index contributed by atoms with van der Waals surface area (Å²) in [5.74, 6) is 0.198. The minimum absolute atomic E-state index is 0.0857. The molecule has 1 nitrogen and oxygen atoms in total. The molecule has 0 radical (unpaired) electrons. The van der Waals surface area contributed by atoms with Gasteiger partial charge in [0.05, 0.1) is 0 Å². The van der Waals surface area contributed by atoms with E-state index in [9.17, 15) is 4.79 Å². The van der Waals surface area contributed by atoms with E-state index in [1.54, 1.807) is 0 Å². The molecule has 0 aromatic heterocycles. The van der Waals surface area contributed by atoms with Gasteiger partial charge in [-0.2, -0.15) is 0 Å². The van der Waals surface area contributed by atoms with Gasteiger partial charge in [0, 0.05) is 18.2 Å². The molecule has 0 saturated carbocycles. The van der Waals surface area contributed by atoms with Crippen molar-refractivity contribution in [3.63, 3.8) is 0 Å². The van der Waals surface area contributed by atoms with Gasteiger partial charge in [-0.3, -0.25) is 4.79 Å². The zero-order valence-electron chi connectivity index (χ0n) is 9.82. The molecule has 88 valence electrons. The summed E-state index contributed by atoms with van der Waals surface area (Å²) < 4.78 is 0. The van der Waals surface area contributed by atoms with Crippen LogP contribution in [0.25, 0.3) is 10.8 Å². The van der Waals surface area contributed by atoms with Crippen LogP contribution in [-0.2, 0) is 11.2 Å². The van der Waals surface area contributed by atoms with Gasteiger partial charge in [-0.25, -0.2) is 0 Å². The van der Waals surface area contributed by atoms with E-state index in [1.165, 1.54) is 5.39 Å². The molecule has 0 heterocycles. The number of hydrogen-bond acceptors (Lipinski definition) is 1.